The first-order valence-corrected chi connectivity index (χ1v) is 10.5. The van der Waals surface area contributed by atoms with E-state index in [1.807, 2.05) is 6.07 Å². The van der Waals surface area contributed by atoms with Crippen LogP contribution in [0.4, 0.5) is 13.2 Å². The van der Waals surface area contributed by atoms with Crippen molar-refractivity contribution in [1.82, 2.24) is 0 Å². The van der Waals surface area contributed by atoms with Crippen LogP contribution in [0.15, 0.2) is 72.8 Å². The van der Waals surface area contributed by atoms with Gasteiger partial charge in [0.05, 0.1) is 5.92 Å². The summed E-state index contributed by atoms with van der Waals surface area (Å²) in [5.41, 5.74) is 0.345. The van der Waals surface area contributed by atoms with Gasteiger partial charge in [0.25, 0.3) is 0 Å². The summed E-state index contributed by atoms with van der Waals surface area (Å²) in [7, 11) is 0. The van der Waals surface area contributed by atoms with Crippen LogP contribution in [0.2, 0.25) is 0 Å². The molecule has 3 aromatic rings. The molecule has 0 spiro atoms. The third-order valence-corrected chi connectivity index (χ3v) is 5.02. The van der Waals surface area contributed by atoms with Gasteiger partial charge in [-0.25, -0.2) is 13.2 Å². The lowest BCUT2D eigenvalue weighted by Gasteiger charge is -2.19. The van der Waals surface area contributed by atoms with Gasteiger partial charge in [-0.1, -0.05) is 50.3 Å². The van der Waals surface area contributed by atoms with Gasteiger partial charge in [-0.3, -0.25) is 4.79 Å². The van der Waals surface area contributed by atoms with E-state index < -0.39 is 35.4 Å². The van der Waals surface area contributed by atoms with Crippen LogP contribution in [0.3, 0.4) is 0 Å². The molecule has 0 heterocycles. The van der Waals surface area contributed by atoms with E-state index in [1.54, 1.807) is 44.2 Å². The summed E-state index contributed by atoms with van der Waals surface area (Å²) in [4.78, 5) is 12.8. The van der Waals surface area contributed by atoms with Crippen LogP contribution in [-0.2, 0) is 9.53 Å². The molecule has 34 heavy (non-hydrogen) atoms. The highest BCUT2D eigenvalue weighted by atomic mass is 19.1. The van der Waals surface area contributed by atoms with Gasteiger partial charge in [-0.2, -0.15) is 5.26 Å². The predicted octanol–water partition coefficient (Wildman–Crippen LogP) is 6.99. The smallest absolute Gasteiger partial charge is 0.314 e. The van der Waals surface area contributed by atoms with E-state index in [2.05, 4.69) is 0 Å². The minimum Gasteiger partial charge on any atom is -0.454 e. The summed E-state index contributed by atoms with van der Waals surface area (Å²) < 4.78 is 52.3. The Labute approximate surface area is 195 Å². The molecule has 0 aliphatic rings. The SMILES string of the molecule is CC(C)C(/C=C/c1ccc(F)cc1F)C(=O)OC(C#N)c1ccc(F)c(Oc2ccccc2)c1. The maximum Gasteiger partial charge on any atom is 0.314 e. The van der Waals surface area contributed by atoms with E-state index in [4.69, 9.17) is 9.47 Å². The summed E-state index contributed by atoms with van der Waals surface area (Å²) in [6.45, 7) is 3.53. The Balaban J connectivity index is 1.79. The Bertz CT molecular complexity index is 1220. The maximum absolute atomic E-state index is 14.3. The number of hydrogen-bond acceptors (Lipinski definition) is 4. The molecule has 174 valence electrons. The highest BCUT2D eigenvalue weighted by Gasteiger charge is 2.26. The predicted molar refractivity (Wildman–Crippen MR) is 121 cm³/mol. The van der Waals surface area contributed by atoms with E-state index in [9.17, 15) is 23.2 Å². The minimum absolute atomic E-state index is 0.109. The molecule has 4 nitrogen and oxygen atoms in total. The number of rotatable bonds is 8. The molecular weight excluding hydrogens is 443 g/mol. The number of benzene rings is 3. The van der Waals surface area contributed by atoms with Crippen molar-refractivity contribution in [3.63, 3.8) is 0 Å². The maximum atomic E-state index is 14.3. The van der Waals surface area contributed by atoms with Gasteiger partial charge >= 0.3 is 5.97 Å². The lowest BCUT2D eigenvalue weighted by Crippen LogP contribution is -2.22. The van der Waals surface area contributed by atoms with Crippen LogP contribution in [0, 0.1) is 40.6 Å². The quantitative estimate of drug-likeness (QED) is 0.337. The van der Waals surface area contributed by atoms with Crippen LogP contribution in [-0.4, -0.2) is 5.97 Å². The molecule has 3 rings (SSSR count). The van der Waals surface area contributed by atoms with Crippen molar-refractivity contribution in [2.24, 2.45) is 11.8 Å². The molecule has 0 saturated heterocycles. The van der Waals surface area contributed by atoms with Crippen molar-refractivity contribution in [2.45, 2.75) is 20.0 Å². The highest BCUT2D eigenvalue weighted by Crippen LogP contribution is 2.30. The van der Waals surface area contributed by atoms with Gasteiger partial charge in [-0.15, -0.1) is 0 Å². The average molecular weight is 465 g/mol. The lowest BCUT2D eigenvalue weighted by atomic mass is 9.94. The van der Waals surface area contributed by atoms with Gasteiger partial charge in [-0.05, 0) is 42.3 Å². The zero-order chi connectivity index (χ0) is 24.7. The van der Waals surface area contributed by atoms with Crippen molar-refractivity contribution in [1.29, 1.82) is 5.26 Å². The Morgan fingerprint density at radius 2 is 1.71 bits per heavy atom. The first kappa shape index (κ1) is 24.6. The largest absolute Gasteiger partial charge is 0.454 e. The first-order chi connectivity index (χ1) is 16.3. The van der Waals surface area contributed by atoms with Crippen LogP contribution >= 0.6 is 0 Å². The van der Waals surface area contributed by atoms with Crippen LogP contribution in [0.25, 0.3) is 6.08 Å². The minimum atomic E-state index is -1.32. The molecule has 0 aliphatic carbocycles. The van der Waals surface area contributed by atoms with Gasteiger partial charge in [0.15, 0.2) is 11.6 Å². The number of halogens is 3. The molecule has 0 radical (unpaired) electrons. The normalized spacial score (nSPS) is 12.9. The number of nitrogens with zero attached hydrogens (tertiary/aromatic N) is 1. The highest BCUT2D eigenvalue weighted by molar-refractivity contribution is 5.76. The molecule has 3 aromatic carbocycles. The third-order valence-electron chi connectivity index (χ3n) is 5.02. The number of ether oxygens (including phenoxy) is 2. The summed E-state index contributed by atoms with van der Waals surface area (Å²) in [5.74, 6) is -3.58. The zero-order valence-electron chi connectivity index (χ0n) is 18.5. The fourth-order valence-corrected chi connectivity index (χ4v) is 3.16. The molecule has 0 fully saturated rings. The summed E-state index contributed by atoms with van der Waals surface area (Å²) in [6, 6.07) is 17.3. The standard InChI is InChI=1S/C27H22F3NO3/c1-17(2)22(12-9-18-8-11-20(28)15-24(18)30)27(32)34-26(16-31)19-10-13-23(29)25(14-19)33-21-6-4-3-5-7-21/h3-15,17,22,26H,1-2H3/b12-9+. The zero-order valence-corrected chi connectivity index (χ0v) is 18.5. The summed E-state index contributed by atoms with van der Waals surface area (Å²) in [5, 5.41) is 9.60. The number of carbonyl (C=O) groups is 1. The molecule has 0 N–H and O–H groups in total. The molecule has 2 atom stereocenters. The molecule has 2 unspecified atom stereocenters. The lowest BCUT2D eigenvalue weighted by molar-refractivity contribution is -0.151. The van der Waals surface area contributed by atoms with Crippen molar-refractivity contribution in [2.75, 3.05) is 0 Å². The van der Waals surface area contributed by atoms with Crippen LogP contribution < -0.4 is 4.74 Å². The van der Waals surface area contributed by atoms with E-state index in [0.717, 1.165) is 18.2 Å². The number of hydrogen-bond donors (Lipinski definition) is 0. The molecule has 7 heteroatoms. The molecule has 0 aromatic heterocycles. The van der Waals surface area contributed by atoms with Crippen molar-refractivity contribution in [3.05, 3.63) is 101 Å². The van der Waals surface area contributed by atoms with Gasteiger partial charge in [0.1, 0.15) is 23.5 Å². The fraction of sp³-hybridized carbons (Fsp3) is 0.185. The number of carbonyl (C=O) groups excluding carboxylic acids is 1. The molecule has 0 aliphatic heterocycles. The Morgan fingerprint density at radius 3 is 2.35 bits per heavy atom. The molecular formula is C27H22F3NO3. The Morgan fingerprint density at radius 1 is 0.971 bits per heavy atom. The second-order valence-electron chi connectivity index (χ2n) is 7.85. The third kappa shape index (κ3) is 6.26. The summed E-state index contributed by atoms with van der Waals surface area (Å²) >= 11 is 0. The topological polar surface area (TPSA) is 59.3 Å². The fourth-order valence-electron chi connectivity index (χ4n) is 3.16. The van der Waals surface area contributed by atoms with E-state index in [0.29, 0.717) is 5.75 Å². The monoisotopic (exact) mass is 465 g/mol. The average Bonchev–Trinajstić information content (AvgIpc) is 2.81. The number of para-hydroxylation sites is 1. The van der Waals surface area contributed by atoms with Crippen LogP contribution in [0.1, 0.15) is 31.1 Å². The molecule has 0 saturated carbocycles. The first-order valence-electron chi connectivity index (χ1n) is 10.5. The van der Waals surface area contributed by atoms with Gasteiger partial charge in [0, 0.05) is 17.2 Å². The van der Waals surface area contributed by atoms with E-state index >= 15 is 0 Å². The van der Waals surface area contributed by atoms with Crippen molar-refractivity contribution in [3.8, 4) is 17.6 Å². The summed E-state index contributed by atoms with van der Waals surface area (Å²) in [6.07, 6.45) is 1.50. The van der Waals surface area contributed by atoms with E-state index in [1.165, 1.54) is 30.4 Å². The van der Waals surface area contributed by atoms with Crippen molar-refractivity contribution < 1.29 is 27.4 Å². The van der Waals surface area contributed by atoms with Crippen molar-refractivity contribution >= 4 is 12.0 Å². The number of esters is 1. The number of nitriles is 1. The second kappa shape index (κ2) is 11.2. The molecule has 0 amide bonds. The Hall–Kier alpha value is -4.05. The van der Waals surface area contributed by atoms with E-state index in [-0.39, 0.29) is 22.8 Å². The molecule has 0 bridgehead atoms. The second-order valence-corrected chi connectivity index (χ2v) is 7.85. The van der Waals surface area contributed by atoms with Gasteiger partial charge < -0.3 is 9.47 Å². The van der Waals surface area contributed by atoms with Crippen LogP contribution in [0.5, 0.6) is 11.5 Å². The Kier molecular flexibility index (Phi) is 8.10. The van der Waals surface area contributed by atoms with Gasteiger partial charge in [0.2, 0.25) is 6.10 Å².